The standard InChI is InChI=1S/C26H34FNO/c1-18(19-6-5-7-24(27)12-19)15-28-16-20-13-26(29,14-21(20)17-28)23-10-8-22(9-11-23)25(2,3)4/h5-12,18,20-21,29H,13-17H2,1-4H3/t18?,20-,21+,26-. The van der Waals surface area contributed by atoms with E-state index in [2.05, 4.69) is 56.9 Å². The Bertz CT molecular complexity index is 840. The zero-order valence-corrected chi connectivity index (χ0v) is 18.2. The maximum atomic E-state index is 13.5. The lowest BCUT2D eigenvalue weighted by atomic mass is 9.84. The summed E-state index contributed by atoms with van der Waals surface area (Å²) >= 11 is 0. The summed E-state index contributed by atoms with van der Waals surface area (Å²) in [5.74, 6) is 1.24. The first-order valence-corrected chi connectivity index (χ1v) is 11.0. The molecule has 156 valence electrons. The number of benzene rings is 2. The molecule has 1 saturated heterocycles. The Morgan fingerprint density at radius 2 is 1.69 bits per heavy atom. The van der Waals surface area contributed by atoms with Crippen LogP contribution in [0, 0.1) is 17.7 Å². The van der Waals surface area contributed by atoms with Gasteiger partial charge in [0.05, 0.1) is 5.60 Å². The average molecular weight is 396 g/mol. The molecule has 0 bridgehead atoms. The quantitative estimate of drug-likeness (QED) is 0.743. The second-order valence-corrected chi connectivity index (χ2v) is 10.5. The van der Waals surface area contributed by atoms with Gasteiger partial charge in [-0.25, -0.2) is 4.39 Å². The van der Waals surface area contributed by atoms with E-state index in [4.69, 9.17) is 0 Å². The average Bonchev–Trinajstić information content (AvgIpc) is 3.16. The SMILES string of the molecule is CC(CN1C[C@@H]2C[C@@](O)(c3ccc(C(C)(C)C)cc3)C[C@@H]2C1)c1cccc(F)c1. The molecule has 2 aromatic carbocycles. The van der Waals surface area contributed by atoms with Crippen molar-refractivity contribution in [3.05, 3.63) is 71.0 Å². The molecule has 1 unspecified atom stereocenters. The molecule has 3 heteroatoms. The lowest BCUT2D eigenvalue weighted by Gasteiger charge is -2.28. The van der Waals surface area contributed by atoms with Gasteiger partial charge < -0.3 is 10.0 Å². The van der Waals surface area contributed by atoms with E-state index >= 15 is 0 Å². The van der Waals surface area contributed by atoms with Gasteiger partial charge in [0.25, 0.3) is 0 Å². The predicted molar refractivity (Wildman–Crippen MR) is 117 cm³/mol. The molecule has 2 aromatic rings. The number of likely N-dealkylation sites (tertiary alicyclic amines) is 1. The Morgan fingerprint density at radius 3 is 2.24 bits per heavy atom. The third kappa shape index (κ3) is 4.27. The van der Waals surface area contributed by atoms with Crippen molar-refractivity contribution in [2.75, 3.05) is 19.6 Å². The lowest BCUT2D eigenvalue weighted by molar-refractivity contribution is 0.0312. The van der Waals surface area contributed by atoms with Crippen LogP contribution in [0.5, 0.6) is 0 Å². The highest BCUT2D eigenvalue weighted by Crippen LogP contribution is 2.49. The molecule has 0 spiro atoms. The molecule has 1 N–H and O–H groups in total. The predicted octanol–water partition coefficient (Wildman–Crippen LogP) is 5.46. The Hall–Kier alpha value is -1.71. The largest absolute Gasteiger partial charge is 0.385 e. The van der Waals surface area contributed by atoms with Gasteiger partial charge in [-0.2, -0.15) is 0 Å². The summed E-state index contributed by atoms with van der Waals surface area (Å²) in [6, 6.07) is 15.6. The van der Waals surface area contributed by atoms with E-state index in [1.54, 1.807) is 12.1 Å². The molecule has 1 heterocycles. The molecule has 2 aliphatic rings. The number of hydrogen-bond donors (Lipinski definition) is 1. The van der Waals surface area contributed by atoms with Crippen molar-refractivity contribution >= 4 is 0 Å². The van der Waals surface area contributed by atoms with Crippen LogP contribution in [-0.2, 0) is 11.0 Å². The van der Waals surface area contributed by atoms with E-state index in [1.807, 2.05) is 6.07 Å². The molecular weight excluding hydrogens is 361 g/mol. The molecule has 4 atom stereocenters. The van der Waals surface area contributed by atoms with Gasteiger partial charge in [-0.15, -0.1) is 0 Å². The van der Waals surface area contributed by atoms with Gasteiger partial charge in [0.15, 0.2) is 0 Å². The van der Waals surface area contributed by atoms with Crippen molar-refractivity contribution in [1.29, 1.82) is 0 Å². The van der Waals surface area contributed by atoms with Crippen LogP contribution < -0.4 is 0 Å². The Morgan fingerprint density at radius 1 is 1.07 bits per heavy atom. The minimum atomic E-state index is -0.688. The zero-order chi connectivity index (χ0) is 20.8. The second-order valence-electron chi connectivity index (χ2n) is 10.5. The Kier molecular flexibility index (Phi) is 5.33. The monoisotopic (exact) mass is 395 g/mol. The summed E-state index contributed by atoms with van der Waals surface area (Å²) in [5, 5.41) is 11.4. The van der Waals surface area contributed by atoms with Crippen LogP contribution in [0.2, 0.25) is 0 Å². The van der Waals surface area contributed by atoms with Crippen LogP contribution in [0.1, 0.15) is 63.1 Å². The van der Waals surface area contributed by atoms with Crippen LogP contribution in [0.3, 0.4) is 0 Å². The minimum absolute atomic E-state index is 0.131. The molecule has 1 aliphatic carbocycles. The van der Waals surface area contributed by atoms with Gasteiger partial charge in [-0.1, -0.05) is 64.1 Å². The minimum Gasteiger partial charge on any atom is -0.385 e. The van der Waals surface area contributed by atoms with Crippen molar-refractivity contribution < 1.29 is 9.50 Å². The van der Waals surface area contributed by atoms with Crippen molar-refractivity contribution in [2.24, 2.45) is 11.8 Å². The van der Waals surface area contributed by atoms with E-state index < -0.39 is 5.60 Å². The fourth-order valence-corrected chi connectivity index (χ4v) is 5.42. The molecule has 29 heavy (non-hydrogen) atoms. The summed E-state index contributed by atoms with van der Waals surface area (Å²) in [5.41, 5.74) is 2.88. The summed E-state index contributed by atoms with van der Waals surface area (Å²) in [4.78, 5) is 2.51. The van der Waals surface area contributed by atoms with Gasteiger partial charge >= 0.3 is 0 Å². The number of fused-ring (bicyclic) bond motifs is 1. The van der Waals surface area contributed by atoms with E-state index in [-0.39, 0.29) is 11.2 Å². The fourth-order valence-electron chi connectivity index (χ4n) is 5.42. The first kappa shape index (κ1) is 20.6. The molecule has 2 nitrogen and oxygen atoms in total. The van der Waals surface area contributed by atoms with Crippen LogP contribution in [0.15, 0.2) is 48.5 Å². The summed E-state index contributed by atoms with van der Waals surface area (Å²) in [6.07, 6.45) is 1.69. The summed E-state index contributed by atoms with van der Waals surface area (Å²) < 4.78 is 13.5. The number of hydrogen-bond acceptors (Lipinski definition) is 2. The molecule has 0 amide bonds. The van der Waals surface area contributed by atoms with Crippen LogP contribution >= 0.6 is 0 Å². The van der Waals surface area contributed by atoms with Gasteiger partial charge in [-0.05, 0) is 64.8 Å². The normalized spacial score (nSPS) is 28.5. The van der Waals surface area contributed by atoms with E-state index in [0.29, 0.717) is 17.8 Å². The van der Waals surface area contributed by atoms with Crippen molar-refractivity contribution in [2.45, 2.75) is 57.5 Å². The van der Waals surface area contributed by atoms with E-state index in [0.717, 1.165) is 43.6 Å². The molecule has 0 aromatic heterocycles. The fraction of sp³-hybridized carbons (Fsp3) is 0.538. The third-order valence-electron chi connectivity index (χ3n) is 7.09. The number of halogens is 1. The first-order chi connectivity index (χ1) is 13.6. The zero-order valence-electron chi connectivity index (χ0n) is 18.2. The number of rotatable bonds is 4. The summed E-state index contributed by atoms with van der Waals surface area (Å²) in [6.45, 7) is 11.9. The van der Waals surface area contributed by atoms with Gasteiger partial charge in [-0.3, -0.25) is 0 Å². The van der Waals surface area contributed by atoms with Crippen LogP contribution in [0.4, 0.5) is 4.39 Å². The smallest absolute Gasteiger partial charge is 0.123 e. The molecule has 4 rings (SSSR count). The Balaban J connectivity index is 1.38. The summed E-state index contributed by atoms with van der Waals surface area (Å²) in [7, 11) is 0. The van der Waals surface area contributed by atoms with Crippen LogP contribution in [-0.4, -0.2) is 29.6 Å². The highest BCUT2D eigenvalue weighted by Gasteiger charge is 2.49. The van der Waals surface area contributed by atoms with Crippen molar-refractivity contribution in [3.63, 3.8) is 0 Å². The van der Waals surface area contributed by atoms with E-state index in [9.17, 15) is 9.50 Å². The maximum absolute atomic E-state index is 13.5. The first-order valence-electron chi connectivity index (χ1n) is 11.0. The molecule has 1 saturated carbocycles. The molecule has 2 fully saturated rings. The topological polar surface area (TPSA) is 23.5 Å². The second kappa shape index (κ2) is 7.52. The maximum Gasteiger partial charge on any atom is 0.123 e. The van der Waals surface area contributed by atoms with Crippen LogP contribution in [0.25, 0.3) is 0 Å². The number of aliphatic hydroxyl groups is 1. The highest BCUT2D eigenvalue weighted by molar-refractivity contribution is 5.32. The number of nitrogens with zero attached hydrogens (tertiary/aromatic N) is 1. The van der Waals surface area contributed by atoms with E-state index in [1.165, 1.54) is 11.6 Å². The lowest BCUT2D eigenvalue weighted by Crippen LogP contribution is -2.30. The third-order valence-corrected chi connectivity index (χ3v) is 7.09. The Labute approximate surface area is 174 Å². The van der Waals surface area contributed by atoms with Crippen molar-refractivity contribution in [1.82, 2.24) is 4.90 Å². The van der Waals surface area contributed by atoms with Gasteiger partial charge in [0, 0.05) is 19.6 Å². The molecule has 1 aliphatic heterocycles. The van der Waals surface area contributed by atoms with Gasteiger partial charge in [0.2, 0.25) is 0 Å². The molecule has 0 radical (unpaired) electrons. The van der Waals surface area contributed by atoms with Crippen molar-refractivity contribution in [3.8, 4) is 0 Å². The molecular formula is C26H34FNO. The van der Waals surface area contributed by atoms with Gasteiger partial charge in [0.1, 0.15) is 5.82 Å². The highest BCUT2D eigenvalue weighted by atomic mass is 19.1.